The number of ether oxygens (including phenoxy) is 1. The Morgan fingerprint density at radius 2 is 2.09 bits per heavy atom. The van der Waals surface area contributed by atoms with E-state index >= 15 is 0 Å². The van der Waals surface area contributed by atoms with E-state index in [1.54, 1.807) is 22.5 Å². The molecule has 0 N–H and O–H groups in total. The molecule has 128 valence electrons. The number of nitrogens with zero attached hydrogens (tertiary/aromatic N) is 2. The zero-order valence-electron chi connectivity index (χ0n) is 14.2. The molecule has 5 nitrogen and oxygen atoms in total. The maximum atomic E-state index is 12.7. The molecule has 0 bridgehead atoms. The van der Waals surface area contributed by atoms with Crippen LogP contribution in [0.25, 0.3) is 0 Å². The number of sulfonamides is 1. The molecule has 0 aliphatic carbocycles. The lowest BCUT2D eigenvalue weighted by Crippen LogP contribution is -2.66. The molecule has 1 aromatic rings. The van der Waals surface area contributed by atoms with Gasteiger partial charge in [0.1, 0.15) is 0 Å². The summed E-state index contributed by atoms with van der Waals surface area (Å²) in [7, 11) is 0.759. The molecule has 0 unspecified atom stereocenters. The van der Waals surface area contributed by atoms with E-state index in [4.69, 9.17) is 4.74 Å². The zero-order chi connectivity index (χ0) is 16.7. The van der Waals surface area contributed by atoms with Crippen molar-refractivity contribution in [1.82, 2.24) is 9.21 Å². The molecule has 1 spiro atoms. The summed E-state index contributed by atoms with van der Waals surface area (Å²) in [4.78, 5) is 2.56. The molecule has 23 heavy (non-hydrogen) atoms. The Balaban J connectivity index is 1.61. The van der Waals surface area contributed by atoms with Crippen molar-refractivity contribution in [3.8, 4) is 0 Å². The summed E-state index contributed by atoms with van der Waals surface area (Å²) in [6, 6.07) is 7.10. The average Bonchev–Trinajstić information content (AvgIpc) is 2.45. The highest BCUT2D eigenvalue weighted by atomic mass is 32.2. The minimum atomic E-state index is -3.39. The molecule has 0 saturated carbocycles. The van der Waals surface area contributed by atoms with Crippen LogP contribution in [0.1, 0.15) is 18.4 Å². The molecule has 0 aromatic heterocycles. The van der Waals surface area contributed by atoms with Crippen LogP contribution in [0, 0.1) is 12.8 Å². The van der Waals surface area contributed by atoms with Crippen LogP contribution in [0.5, 0.6) is 0 Å². The standard InChI is InChI=1S/C17H26N2O3S/c1-14-5-4-6-16(9-14)23(20,21)19-12-17(13-19)8-7-15(11-22-17)10-18(2)3/h4-6,9,15H,7-8,10-13H2,1-3H3/t15-/m0/s1. The van der Waals surface area contributed by atoms with E-state index in [1.165, 1.54) is 0 Å². The van der Waals surface area contributed by atoms with Gasteiger partial charge in [-0.05, 0) is 57.5 Å². The molecule has 2 saturated heterocycles. The monoisotopic (exact) mass is 338 g/mol. The van der Waals surface area contributed by atoms with E-state index in [2.05, 4.69) is 19.0 Å². The van der Waals surface area contributed by atoms with Crippen LogP contribution in [0.2, 0.25) is 0 Å². The Morgan fingerprint density at radius 1 is 1.35 bits per heavy atom. The van der Waals surface area contributed by atoms with Crippen molar-refractivity contribution in [3.63, 3.8) is 0 Å². The summed E-state index contributed by atoms with van der Waals surface area (Å²) >= 11 is 0. The predicted molar refractivity (Wildman–Crippen MR) is 89.9 cm³/mol. The van der Waals surface area contributed by atoms with Crippen molar-refractivity contribution in [3.05, 3.63) is 29.8 Å². The molecule has 0 amide bonds. The minimum absolute atomic E-state index is 0.250. The van der Waals surface area contributed by atoms with Crippen molar-refractivity contribution >= 4 is 10.0 Å². The lowest BCUT2D eigenvalue weighted by molar-refractivity contribution is -0.158. The van der Waals surface area contributed by atoms with Gasteiger partial charge in [0.05, 0.1) is 17.1 Å². The summed E-state index contributed by atoms with van der Waals surface area (Å²) in [5.41, 5.74) is 0.710. The second-order valence-electron chi connectivity index (χ2n) is 7.25. The lowest BCUT2D eigenvalue weighted by atomic mass is 9.84. The molecule has 2 aliphatic heterocycles. The van der Waals surface area contributed by atoms with Gasteiger partial charge in [0, 0.05) is 19.6 Å². The van der Waals surface area contributed by atoms with Crippen LogP contribution < -0.4 is 0 Å². The van der Waals surface area contributed by atoms with E-state index in [-0.39, 0.29) is 5.60 Å². The molecular weight excluding hydrogens is 312 g/mol. The molecule has 2 heterocycles. The highest BCUT2D eigenvalue weighted by molar-refractivity contribution is 7.89. The van der Waals surface area contributed by atoms with E-state index in [9.17, 15) is 8.42 Å². The topological polar surface area (TPSA) is 49.9 Å². The fourth-order valence-electron chi connectivity index (χ4n) is 3.52. The van der Waals surface area contributed by atoms with Gasteiger partial charge in [0.25, 0.3) is 0 Å². The van der Waals surface area contributed by atoms with Gasteiger partial charge < -0.3 is 9.64 Å². The number of hydrogen-bond donors (Lipinski definition) is 0. The molecule has 2 fully saturated rings. The third-order valence-corrected chi connectivity index (χ3v) is 6.60. The summed E-state index contributed by atoms with van der Waals surface area (Å²) in [5, 5.41) is 0. The minimum Gasteiger partial charge on any atom is -0.372 e. The van der Waals surface area contributed by atoms with Gasteiger partial charge in [0.15, 0.2) is 0 Å². The van der Waals surface area contributed by atoms with Gasteiger partial charge in [-0.15, -0.1) is 0 Å². The fraction of sp³-hybridized carbons (Fsp3) is 0.647. The van der Waals surface area contributed by atoms with Crippen molar-refractivity contribution in [2.75, 3.05) is 40.3 Å². The van der Waals surface area contributed by atoms with Crippen LogP contribution in [0.4, 0.5) is 0 Å². The molecule has 2 aliphatic rings. The second-order valence-corrected chi connectivity index (χ2v) is 9.19. The van der Waals surface area contributed by atoms with Crippen molar-refractivity contribution in [2.45, 2.75) is 30.3 Å². The first-order valence-electron chi connectivity index (χ1n) is 8.16. The normalized spacial score (nSPS) is 24.8. The van der Waals surface area contributed by atoms with Crippen molar-refractivity contribution in [1.29, 1.82) is 0 Å². The molecule has 1 atom stereocenters. The van der Waals surface area contributed by atoms with E-state index < -0.39 is 10.0 Å². The van der Waals surface area contributed by atoms with Gasteiger partial charge in [-0.25, -0.2) is 8.42 Å². The first-order chi connectivity index (χ1) is 10.8. The SMILES string of the molecule is Cc1cccc(S(=O)(=O)N2CC3(CC[C@@H](CN(C)C)CO3)C2)c1. The summed E-state index contributed by atoms with van der Waals surface area (Å²) < 4.78 is 32.9. The molecule has 0 radical (unpaired) electrons. The summed E-state index contributed by atoms with van der Waals surface area (Å²) in [5.74, 6) is 0.554. The Morgan fingerprint density at radius 3 is 2.65 bits per heavy atom. The molecular formula is C17H26N2O3S. The average molecular weight is 338 g/mol. The molecule has 1 aromatic carbocycles. The highest BCUT2D eigenvalue weighted by Crippen LogP contribution is 2.38. The largest absolute Gasteiger partial charge is 0.372 e. The van der Waals surface area contributed by atoms with Gasteiger partial charge in [-0.2, -0.15) is 4.31 Å². The zero-order valence-corrected chi connectivity index (χ0v) is 15.0. The lowest BCUT2D eigenvalue weighted by Gasteiger charge is -2.52. The molecule has 3 rings (SSSR count). The number of rotatable bonds is 4. The van der Waals surface area contributed by atoms with Crippen LogP contribution in [0.15, 0.2) is 29.2 Å². The van der Waals surface area contributed by atoms with Crippen LogP contribution in [-0.4, -0.2) is 63.6 Å². The van der Waals surface area contributed by atoms with E-state index in [0.29, 0.717) is 23.9 Å². The Kier molecular flexibility index (Phi) is 4.53. The second kappa shape index (κ2) is 6.16. The van der Waals surface area contributed by atoms with Crippen molar-refractivity contribution in [2.24, 2.45) is 5.92 Å². The van der Waals surface area contributed by atoms with Gasteiger partial charge in [0.2, 0.25) is 10.0 Å². The summed E-state index contributed by atoms with van der Waals surface area (Å²) in [6.45, 7) is 4.64. The number of benzene rings is 1. The van der Waals surface area contributed by atoms with Crippen LogP contribution in [-0.2, 0) is 14.8 Å². The maximum absolute atomic E-state index is 12.7. The Hall–Kier alpha value is -0.950. The first kappa shape index (κ1) is 16.9. The van der Waals surface area contributed by atoms with E-state index in [0.717, 1.165) is 31.6 Å². The fourth-order valence-corrected chi connectivity index (χ4v) is 5.21. The predicted octanol–water partition coefficient (Wildman–Crippen LogP) is 1.73. The first-order valence-corrected chi connectivity index (χ1v) is 9.60. The van der Waals surface area contributed by atoms with E-state index in [1.807, 2.05) is 13.0 Å². The van der Waals surface area contributed by atoms with Crippen molar-refractivity contribution < 1.29 is 13.2 Å². The molecule has 6 heteroatoms. The summed E-state index contributed by atoms with van der Waals surface area (Å²) in [6.07, 6.45) is 2.06. The third-order valence-electron chi connectivity index (χ3n) is 4.81. The Bertz CT molecular complexity index is 656. The van der Waals surface area contributed by atoms with Gasteiger partial charge >= 0.3 is 0 Å². The highest BCUT2D eigenvalue weighted by Gasteiger charge is 2.51. The maximum Gasteiger partial charge on any atom is 0.243 e. The Labute approximate surface area is 139 Å². The van der Waals surface area contributed by atoms with Crippen LogP contribution >= 0.6 is 0 Å². The number of aryl methyl sites for hydroxylation is 1. The number of hydrogen-bond acceptors (Lipinski definition) is 4. The van der Waals surface area contributed by atoms with Gasteiger partial charge in [-0.3, -0.25) is 0 Å². The van der Waals surface area contributed by atoms with Crippen LogP contribution in [0.3, 0.4) is 0 Å². The van der Waals surface area contributed by atoms with Gasteiger partial charge in [-0.1, -0.05) is 12.1 Å². The smallest absolute Gasteiger partial charge is 0.243 e. The third kappa shape index (κ3) is 3.45. The quantitative estimate of drug-likeness (QED) is 0.839.